The maximum Gasteiger partial charge on any atom is 0.407 e. The summed E-state index contributed by atoms with van der Waals surface area (Å²) in [4.78, 5) is 29.7. The summed E-state index contributed by atoms with van der Waals surface area (Å²) in [6.07, 6.45) is 4.66. The molecule has 1 spiro atoms. The molecule has 3 aliphatic rings. The molecule has 0 radical (unpaired) electrons. The third-order valence-corrected chi connectivity index (χ3v) is 7.34. The third kappa shape index (κ3) is 3.96. The Hall–Kier alpha value is -1.30. The first-order valence-corrected chi connectivity index (χ1v) is 10.8. The lowest BCUT2D eigenvalue weighted by molar-refractivity contribution is -0.134. The van der Waals surface area contributed by atoms with Crippen LogP contribution in [0.15, 0.2) is 0 Å². The molecule has 3 fully saturated rings. The maximum atomic E-state index is 12.1. The van der Waals surface area contributed by atoms with Crippen molar-refractivity contribution in [1.82, 2.24) is 14.7 Å². The number of carbonyl (C=O) groups is 2. The summed E-state index contributed by atoms with van der Waals surface area (Å²) in [5.74, 6) is 1.32. The zero-order valence-electron chi connectivity index (χ0n) is 17.5. The van der Waals surface area contributed by atoms with Gasteiger partial charge in [-0.25, -0.2) is 4.79 Å². The van der Waals surface area contributed by atoms with Crippen LogP contribution in [0.25, 0.3) is 0 Å². The highest BCUT2D eigenvalue weighted by Crippen LogP contribution is 2.56. The fourth-order valence-electron chi connectivity index (χ4n) is 6.03. The summed E-state index contributed by atoms with van der Waals surface area (Å²) >= 11 is 0. The predicted octanol–water partition coefficient (Wildman–Crippen LogP) is 3.12. The first-order valence-electron chi connectivity index (χ1n) is 10.8. The van der Waals surface area contributed by atoms with Crippen LogP contribution in [0.1, 0.15) is 59.8 Å². The highest BCUT2D eigenvalue weighted by Gasteiger charge is 2.58. The smallest absolute Gasteiger partial charge is 0.407 e. The van der Waals surface area contributed by atoms with Gasteiger partial charge in [-0.15, -0.1) is 0 Å². The minimum Gasteiger partial charge on any atom is -0.465 e. The highest BCUT2D eigenvalue weighted by molar-refractivity contribution is 5.73. The summed E-state index contributed by atoms with van der Waals surface area (Å²) in [7, 11) is 0. The number of rotatable bonds is 5. The largest absolute Gasteiger partial charge is 0.465 e. The van der Waals surface area contributed by atoms with Crippen LogP contribution in [0.2, 0.25) is 0 Å². The van der Waals surface area contributed by atoms with Gasteiger partial charge in [-0.1, -0.05) is 27.2 Å². The second-order valence-electron chi connectivity index (χ2n) is 9.44. The second kappa shape index (κ2) is 7.98. The number of hydrogen-bond donors (Lipinski definition) is 1. The van der Waals surface area contributed by atoms with Crippen molar-refractivity contribution in [2.24, 2.45) is 17.3 Å². The summed E-state index contributed by atoms with van der Waals surface area (Å²) < 4.78 is 0. The lowest BCUT2D eigenvalue weighted by atomic mass is 9.54. The van der Waals surface area contributed by atoms with Gasteiger partial charge >= 0.3 is 6.09 Å². The van der Waals surface area contributed by atoms with Crippen molar-refractivity contribution >= 4 is 12.0 Å². The lowest BCUT2D eigenvalue weighted by Crippen LogP contribution is -2.62. The van der Waals surface area contributed by atoms with E-state index in [0.29, 0.717) is 30.5 Å². The van der Waals surface area contributed by atoms with Gasteiger partial charge in [-0.05, 0) is 42.9 Å². The highest BCUT2D eigenvalue weighted by atomic mass is 16.4. The van der Waals surface area contributed by atoms with Gasteiger partial charge in [-0.3, -0.25) is 9.69 Å². The average molecular weight is 380 g/mol. The number of piperidine rings is 1. The van der Waals surface area contributed by atoms with Crippen LogP contribution < -0.4 is 0 Å². The van der Waals surface area contributed by atoms with Crippen LogP contribution in [0.3, 0.4) is 0 Å². The SMILES string of the molecule is CCC1C(N2CCC(N(CC(C)C)C(C)=O)CC2)CC12CCN(C(=O)O)C2. The van der Waals surface area contributed by atoms with Gasteiger partial charge < -0.3 is 14.9 Å². The molecule has 2 amide bonds. The average Bonchev–Trinajstić information content (AvgIpc) is 3.06. The molecule has 2 aliphatic heterocycles. The second-order valence-corrected chi connectivity index (χ2v) is 9.44. The molecule has 2 heterocycles. The van der Waals surface area contributed by atoms with E-state index in [1.54, 1.807) is 11.8 Å². The fourth-order valence-corrected chi connectivity index (χ4v) is 6.03. The van der Waals surface area contributed by atoms with Crippen molar-refractivity contribution in [3.05, 3.63) is 0 Å². The van der Waals surface area contributed by atoms with Crippen molar-refractivity contribution in [2.75, 3.05) is 32.7 Å². The van der Waals surface area contributed by atoms with Crippen LogP contribution in [0, 0.1) is 17.3 Å². The van der Waals surface area contributed by atoms with Gasteiger partial charge in [0.1, 0.15) is 0 Å². The lowest BCUT2D eigenvalue weighted by Gasteiger charge is -2.58. The van der Waals surface area contributed by atoms with E-state index >= 15 is 0 Å². The number of carbonyl (C=O) groups excluding carboxylic acids is 1. The molecule has 6 nitrogen and oxygen atoms in total. The van der Waals surface area contributed by atoms with Crippen molar-refractivity contribution < 1.29 is 14.7 Å². The number of hydrogen-bond acceptors (Lipinski definition) is 3. The summed E-state index contributed by atoms with van der Waals surface area (Å²) in [6, 6.07) is 0.977. The zero-order chi connectivity index (χ0) is 19.8. The molecule has 6 heteroatoms. The molecule has 1 saturated carbocycles. The summed E-state index contributed by atoms with van der Waals surface area (Å²) in [5.41, 5.74) is 0.220. The molecule has 3 rings (SSSR count). The minimum atomic E-state index is -0.763. The van der Waals surface area contributed by atoms with Crippen LogP contribution in [0.5, 0.6) is 0 Å². The number of nitrogens with zero attached hydrogens (tertiary/aromatic N) is 3. The van der Waals surface area contributed by atoms with Crippen molar-refractivity contribution in [3.8, 4) is 0 Å². The normalized spacial score (nSPS) is 32.1. The molecule has 0 bridgehead atoms. The van der Waals surface area contributed by atoms with Gasteiger partial charge in [0, 0.05) is 51.7 Å². The van der Waals surface area contributed by atoms with E-state index in [0.717, 1.165) is 58.3 Å². The van der Waals surface area contributed by atoms with Gasteiger partial charge in [0.25, 0.3) is 0 Å². The molecule has 154 valence electrons. The van der Waals surface area contributed by atoms with Crippen molar-refractivity contribution in [3.63, 3.8) is 0 Å². The van der Waals surface area contributed by atoms with Crippen LogP contribution >= 0.6 is 0 Å². The predicted molar refractivity (Wildman–Crippen MR) is 106 cm³/mol. The van der Waals surface area contributed by atoms with E-state index in [4.69, 9.17) is 0 Å². The van der Waals surface area contributed by atoms with Crippen molar-refractivity contribution in [2.45, 2.75) is 71.9 Å². The Morgan fingerprint density at radius 3 is 2.37 bits per heavy atom. The monoisotopic (exact) mass is 379 g/mol. The molecule has 0 aromatic carbocycles. The Bertz CT molecular complexity index is 559. The molecule has 27 heavy (non-hydrogen) atoms. The molecular formula is C21H37N3O3. The van der Waals surface area contributed by atoms with Crippen molar-refractivity contribution in [1.29, 1.82) is 0 Å². The van der Waals surface area contributed by atoms with E-state index in [9.17, 15) is 14.7 Å². The van der Waals surface area contributed by atoms with Gasteiger partial charge in [0.2, 0.25) is 5.91 Å². The van der Waals surface area contributed by atoms with Crippen LogP contribution in [-0.2, 0) is 4.79 Å². The van der Waals surface area contributed by atoms with E-state index in [1.807, 2.05) is 0 Å². The Morgan fingerprint density at radius 2 is 1.89 bits per heavy atom. The first-order chi connectivity index (χ1) is 12.8. The number of amides is 2. The van der Waals surface area contributed by atoms with E-state index < -0.39 is 6.09 Å². The summed E-state index contributed by atoms with van der Waals surface area (Å²) in [6.45, 7) is 12.7. The first kappa shape index (κ1) is 20.4. The van der Waals surface area contributed by atoms with Gasteiger partial charge in [0.15, 0.2) is 0 Å². The molecule has 3 atom stereocenters. The molecule has 1 N–H and O–H groups in total. The molecule has 2 saturated heterocycles. The molecule has 0 aromatic heterocycles. The van der Waals surface area contributed by atoms with Gasteiger partial charge in [-0.2, -0.15) is 0 Å². The number of likely N-dealkylation sites (tertiary alicyclic amines) is 2. The molecule has 3 unspecified atom stereocenters. The minimum absolute atomic E-state index is 0.205. The Kier molecular flexibility index (Phi) is 6.04. The Morgan fingerprint density at radius 1 is 1.22 bits per heavy atom. The van der Waals surface area contributed by atoms with E-state index in [-0.39, 0.29) is 11.3 Å². The third-order valence-electron chi connectivity index (χ3n) is 7.34. The zero-order valence-corrected chi connectivity index (χ0v) is 17.5. The summed E-state index contributed by atoms with van der Waals surface area (Å²) in [5, 5.41) is 9.31. The Balaban J connectivity index is 1.56. The fraction of sp³-hybridized carbons (Fsp3) is 0.905. The maximum absolute atomic E-state index is 12.1. The van der Waals surface area contributed by atoms with Crippen LogP contribution in [0.4, 0.5) is 4.79 Å². The molecular weight excluding hydrogens is 342 g/mol. The standard InChI is InChI=1S/C21H37N3O3/c1-5-18-19(12-21(18)8-11-23(14-21)20(26)27)22-9-6-17(7-10-22)24(16(4)25)13-15(2)3/h15,17-19H,5-14H2,1-4H3,(H,26,27). The molecule has 0 aromatic rings. The quantitative estimate of drug-likeness (QED) is 0.797. The van der Waals surface area contributed by atoms with Crippen LogP contribution in [-0.4, -0.2) is 76.6 Å². The topological polar surface area (TPSA) is 64.1 Å². The molecule has 1 aliphatic carbocycles. The van der Waals surface area contributed by atoms with Gasteiger partial charge in [0.05, 0.1) is 0 Å². The number of carboxylic acid groups (broad SMARTS) is 1. The van der Waals surface area contributed by atoms with E-state index in [2.05, 4.69) is 30.6 Å². The van der Waals surface area contributed by atoms with E-state index in [1.165, 1.54) is 0 Å². The Labute approximate surface area is 163 Å².